The van der Waals surface area contributed by atoms with Crippen LogP contribution >= 0.6 is 0 Å². The van der Waals surface area contributed by atoms with Gasteiger partial charge in [-0.25, -0.2) is 0 Å². The van der Waals surface area contributed by atoms with Crippen LogP contribution in [0, 0.1) is 5.92 Å². The first-order valence-electron chi connectivity index (χ1n) is 7.08. The molecule has 3 heteroatoms. The van der Waals surface area contributed by atoms with E-state index in [9.17, 15) is 9.59 Å². The zero-order valence-corrected chi connectivity index (χ0v) is 11.8. The highest BCUT2D eigenvalue weighted by atomic mass is 16.5. The van der Waals surface area contributed by atoms with Crippen LogP contribution in [0.2, 0.25) is 0 Å². The van der Waals surface area contributed by atoms with E-state index in [1.807, 2.05) is 48.5 Å². The van der Waals surface area contributed by atoms with Crippen molar-refractivity contribution in [1.82, 2.24) is 0 Å². The minimum Gasteiger partial charge on any atom is -0.465 e. The van der Waals surface area contributed by atoms with Gasteiger partial charge < -0.3 is 4.74 Å². The van der Waals surface area contributed by atoms with Gasteiger partial charge in [-0.2, -0.15) is 0 Å². The molecule has 0 saturated carbocycles. The van der Waals surface area contributed by atoms with Crippen molar-refractivity contribution in [2.45, 2.75) is 12.8 Å². The number of rotatable bonds is 3. The van der Waals surface area contributed by atoms with E-state index >= 15 is 0 Å². The van der Waals surface area contributed by atoms with Gasteiger partial charge >= 0.3 is 5.97 Å². The Balaban J connectivity index is 2.12. The molecule has 0 fully saturated rings. The molecule has 1 aliphatic carbocycles. The van der Waals surface area contributed by atoms with Gasteiger partial charge in [0.15, 0.2) is 5.78 Å². The second-order valence-corrected chi connectivity index (χ2v) is 5.07. The Bertz CT molecular complexity index is 676. The number of benzene rings is 2. The molecule has 0 radical (unpaired) electrons. The first-order chi connectivity index (χ1) is 10.2. The van der Waals surface area contributed by atoms with Crippen LogP contribution in [0.3, 0.4) is 0 Å². The van der Waals surface area contributed by atoms with E-state index in [-0.39, 0.29) is 18.3 Å². The van der Waals surface area contributed by atoms with Crippen LogP contribution in [-0.4, -0.2) is 18.4 Å². The molecule has 0 unspecified atom stereocenters. The van der Waals surface area contributed by atoms with Crippen LogP contribution in [0.1, 0.15) is 34.3 Å². The maximum absolute atomic E-state index is 12.6. The van der Waals surface area contributed by atoms with Crippen LogP contribution in [-0.2, 0) is 9.53 Å². The topological polar surface area (TPSA) is 43.4 Å². The highest BCUT2D eigenvalue weighted by Gasteiger charge is 2.45. The average molecular weight is 280 g/mol. The highest BCUT2D eigenvalue weighted by Crippen LogP contribution is 2.42. The molecular weight excluding hydrogens is 264 g/mol. The van der Waals surface area contributed by atoms with Crippen LogP contribution in [0.15, 0.2) is 54.6 Å². The summed E-state index contributed by atoms with van der Waals surface area (Å²) in [6, 6.07) is 17.1. The van der Waals surface area contributed by atoms with E-state index in [0.717, 1.165) is 11.1 Å². The van der Waals surface area contributed by atoms with E-state index < -0.39 is 11.9 Å². The Hall–Kier alpha value is -2.42. The van der Waals surface area contributed by atoms with E-state index in [1.165, 1.54) is 0 Å². The predicted molar refractivity (Wildman–Crippen MR) is 79.2 cm³/mol. The van der Waals surface area contributed by atoms with Crippen molar-refractivity contribution in [3.8, 4) is 0 Å². The maximum atomic E-state index is 12.6. The third-order valence-corrected chi connectivity index (χ3v) is 3.88. The average Bonchev–Trinajstić information content (AvgIpc) is 2.82. The molecule has 2 aromatic carbocycles. The van der Waals surface area contributed by atoms with Gasteiger partial charge in [-0.05, 0) is 18.1 Å². The molecule has 2 atom stereocenters. The third-order valence-electron chi connectivity index (χ3n) is 3.88. The van der Waals surface area contributed by atoms with Gasteiger partial charge in [-0.1, -0.05) is 54.6 Å². The second-order valence-electron chi connectivity index (χ2n) is 5.07. The fourth-order valence-electron chi connectivity index (χ4n) is 3.00. The van der Waals surface area contributed by atoms with Gasteiger partial charge in [0.2, 0.25) is 0 Å². The van der Waals surface area contributed by atoms with Crippen LogP contribution < -0.4 is 0 Å². The molecule has 106 valence electrons. The number of ketones is 1. The number of hydrogen-bond acceptors (Lipinski definition) is 3. The SMILES string of the molecule is CCOC(=O)[C@H]1C(=O)c2ccccc2[C@@H]1c1ccccc1. The molecule has 3 rings (SSSR count). The second kappa shape index (κ2) is 5.52. The van der Waals surface area contributed by atoms with Gasteiger partial charge in [0, 0.05) is 11.5 Å². The van der Waals surface area contributed by atoms with Crippen molar-refractivity contribution in [1.29, 1.82) is 0 Å². The Labute approximate surface area is 123 Å². The highest BCUT2D eigenvalue weighted by molar-refractivity contribution is 6.13. The monoisotopic (exact) mass is 280 g/mol. The normalized spacial score (nSPS) is 20.1. The fourth-order valence-corrected chi connectivity index (χ4v) is 3.00. The summed E-state index contributed by atoms with van der Waals surface area (Å²) in [4.78, 5) is 24.9. The molecule has 3 nitrogen and oxygen atoms in total. The predicted octanol–water partition coefficient (Wildman–Crippen LogP) is 3.19. The Morgan fingerprint density at radius 3 is 2.43 bits per heavy atom. The van der Waals surface area contributed by atoms with Crippen molar-refractivity contribution < 1.29 is 14.3 Å². The number of esters is 1. The van der Waals surface area contributed by atoms with E-state index in [4.69, 9.17) is 4.74 Å². The van der Waals surface area contributed by atoms with Gasteiger partial charge in [0.05, 0.1) is 6.61 Å². The Morgan fingerprint density at radius 2 is 1.71 bits per heavy atom. The lowest BCUT2D eigenvalue weighted by atomic mass is 9.85. The summed E-state index contributed by atoms with van der Waals surface area (Å²) in [5.74, 6) is -1.61. The van der Waals surface area contributed by atoms with Crippen molar-refractivity contribution in [3.05, 3.63) is 71.3 Å². The molecule has 0 amide bonds. The largest absolute Gasteiger partial charge is 0.465 e. The molecule has 21 heavy (non-hydrogen) atoms. The molecule has 0 aromatic heterocycles. The molecule has 0 heterocycles. The summed E-state index contributed by atoms with van der Waals surface area (Å²) >= 11 is 0. The summed E-state index contributed by atoms with van der Waals surface area (Å²) in [6.45, 7) is 2.03. The number of ether oxygens (including phenoxy) is 1. The van der Waals surface area contributed by atoms with Crippen molar-refractivity contribution in [2.75, 3.05) is 6.61 Å². The number of fused-ring (bicyclic) bond motifs is 1. The van der Waals surface area contributed by atoms with Crippen molar-refractivity contribution in [2.24, 2.45) is 5.92 Å². The lowest BCUT2D eigenvalue weighted by Crippen LogP contribution is -2.26. The minimum absolute atomic E-state index is 0.141. The third kappa shape index (κ3) is 2.25. The van der Waals surface area contributed by atoms with Crippen LogP contribution in [0.5, 0.6) is 0 Å². The zero-order chi connectivity index (χ0) is 14.8. The molecule has 0 N–H and O–H groups in total. The minimum atomic E-state index is -0.773. The molecule has 2 aromatic rings. The first-order valence-corrected chi connectivity index (χ1v) is 7.08. The molecule has 1 aliphatic rings. The first kappa shape index (κ1) is 13.6. The van der Waals surface area contributed by atoms with Gasteiger partial charge in [0.1, 0.15) is 5.92 Å². The summed E-state index contributed by atoms with van der Waals surface area (Å²) in [5.41, 5.74) is 2.50. The number of Topliss-reactive ketones (excluding diaryl/α,β-unsaturated/α-hetero) is 1. The van der Waals surface area contributed by atoms with Crippen LogP contribution in [0.25, 0.3) is 0 Å². The number of hydrogen-bond donors (Lipinski definition) is 0. The molecule has 0 bridgehead atoms. The smallest absolute Gasteiger partial charge is 0.317 e. The van der Waals surface area contributed by atoms with Gasteiger partial charge in [-0.3, -0.25) is 9.59 Å². The number of carbonyl (C=O) groups is 2. The Kier molecular flexibility index (Phi) is 3.57. The summed E-state index contributed by atoms with van der Waals surface area (Å²) in [7, 11) is 0. The van der Waals surface area contributed by atoms with Crippen molar-refractivity contribution in [3.63, 3.8) is 0 Å². The molecule has 0 saturated heterocycles. The van der Waals surface area contributed by atoms with Crippen molar-refractivity contribution >= 4 is 11.8 Å². The zero-order valence-electron chi connectivity index (χ0n) is 11.8. The molecular formula is C18H16O3. The molecule has 0 spiro atoms. The maximum Gasteiger partial charge on any atom is 0.317 e. The van der Waals surface area contributed by atoms with Crippen LogP contribution in [0.4, 0.5) is 0 Å². The van der Waals surface area contributed by atoms with Gasteiger partial charge in [-0.15, -0.1) is 0 Å². The quantitative estimate of drug-likeness (QED) is 0.640. The standard InChI is InChI=1S/C18H16O3/c1-2-21-18(20)16-15(12-8-4-3-5-9-12)13-10-6-7-11-14(13)17(16)19/h3-11,15-16H,2H2,1H3/t15-,16+/m0/s1. The Morgan fingerprint density at radius 1 is 1.05 bits per heavy atom. The van der Waals surface area contributed by atoms with E-state index in [2.05, 4.69) is 0 Å². The van der Waals surface area contributed by atoms with E-state index in [0.29, 0.717) is 5.56 Å². The lowest BCUT2D eigenvalue weighted by molar-refractivity contribution is -0.146. The summed E-state index contributed by atoms with van der Waals surface area (Å²) < 4.78 is 5.12. The fraction of sp³-hybridized carbons (Fsp3) is 0.222. The molecule has 0 aliphatic heterocycles. The van der Waals surface area contributed by atoms with Gasteiger partial charge in [0.25, 0.3) is 0 Å². The lowest BCUT2D eigenvalue weighted by Gasteiger charge is -2.18. The van der Waals surface area contributed by atoms with E-state index in [1.54, 1.807) is 13.0 Å². The number of carbonyl (C=O) groups excluding carboxylic acids is 2. The summed E-state index contributed by atoms with van der Waals surface area (Å²) in [6.07, 6.45) is 0. The summed E-state index contributed by atoms with van der Waals surface area (Å²) in [5, 5.41) is 0.